The van der Waals surface area contributed by atoms with Gasteiger partial charge in [-0.25, -0.2) is 0 Å². The van der Waals surface area contributed by atoms with Gasteiger partial charge in [0.05, 0.1) is 12.6 Å². The van der Waals surface area contributed by atoms with Crippen LogP contribution < -0.4 is 10.6 Å². The second-order valence-electron chi connectivity index (χ2n) is 4.93. The first kappa shape index (κ1) is 16.2. The van der Waals surface area contributed by atoms with Gasteiger partial charge in [0.1, 0.15) is 0 Å². The quantitative estimate of drug-likeness (QED) is 0.757. The zero-order chi connectivity index (χ0) is 15.9. The van der Waals surface area contributed by atoms with Crippen LogP contribution in [0.15, 0.2) is 41.1 Å². The molecule has 2 rings (SSSR count). The molecule has 0 radical (unpaired) electrons. The van der Waals surface area contributed by atoms with Crippen molar-refractivity contribution in [3.63, 3.8) is 0 Å². The SMILES string of the molecule is Cc1cccc(C(=O)NCC(=O)NCC(O)c2ccsc2)c1. The fraction of sp³-hybridized carbons (Fsp3) is 0.250. The lowest BCUT2D eigenvalue weighted by molar-refractivity contribution is -0.120. The third kappa shape index (κ3) is 4.68. The monoisotopic (exact) mass is 318 g/mol. The van der Waals surface area contributed by atoms with Gasteiger partial charge in [0.25, 0.3) is 5.91 Å². The summed E-state index contributed by atoms with van der Waals surface area (Å²) in [7, 11) is 0. The summed E-state index contributed by atoms with van der Waals surface area (Å²) in [4.78, 5) is 23.6. The predicted octanol–water partition coefficient (Wildman–Crippen LogP) is 1.64. The topological polar surface area (TPSA) is 78.4 Å². The van der Waals surface area contributed by atoms with Crippen molar-refractivity contribution in [2.24, 2.45) is 0 Å². The molecule has 0 aliphatic rings. The van der Waals surface area contributed by atoms with Gasteiger partial charge in [-0.15, -0.1) is 0 Å². The molecular weight excluding hydrogens is 300 g/mol. The number of aliphatic hydroxyl groups excluding tert-OH is 1. The Morgan fingerprint density at radius 2 is 2.09 bits per heavy atom. The van der Waals surface area contributed by atoms with E-state index in [-0.39, 0.29) is 24.9 Å². The van der Waals surface area contributed by atoms with Crippen LogP contribution in [0.1, 0.15) is 27.6 Å². The van der Waals surface area contributed by atoms with Crippen LogP contribution in [-0.4, -0.2) is 30.0 Å². The molecule has 1 atom stereocenters. The van der Waals surface area contributed by atoms with Gasteiger partial charge in [0.15, 0.2) is 0 Å². The molecule has 1 heterocycles. The summed E-state index contributed by atoms with van der Waals surface area (Å²) < 4.78 is 0. The third-order valence-electron chi connectivity index (χ3n) is 3.11. The van der Waals surface area contributed by atoms with Crippen molar-refractivity contribution >= 4 is 23.2 Å². The number of aryl methyl sites for hydroxylation is 1. The molecule has 2 amide bonds. The van der Waals surface area contributed by atoms with Crippen LogP contribution in [0.5, 0.6) is 0 Å². The van der Waals surface area contributed by atoms with Gasteiger partial charge in [-0.05, 0) is 41.4 Å². The Morgan fingerprint density at radius 1 is 1.27 bits per heavy atom. The summed E-state index contributed by atoms with van der Waals surface area (Å²) in [6.45, 7) is 1.90. The smallest absolute Gasteiger partial charge is 0.251 e. The average molecular weight is 318 g/mol. The molecule has 0 saturated heterocycles. The van der Waals surface area contributed by atoms with E-state index < -0.39 is 6.10 Å². The number of thiophene rings is 1. The molecule has 0 bridgehead atoms. The highest BCUT2D eigenvalue weighted by atomic mass is 32.1. The number of hydrogen-bond acceptors (Lipinski definition) is 4. The summed E-state index contributed by atoms with van der Waals surface area (Å²) in [5.74, 6) is -0.632. The molecule has 1 unspecified atom stereocenters. The van der Waals surface area contributed by atoms with Gasteiger partial charge in [0.2, 0.25) is 5.91 Å². The number of carbonyl (C=O) groups is 2. The minimum atomic E-state index is -0.734. The average Bonchev–Trinajstić information content (AvgIpc) is 3.04. The number of rotatable bonds is 6. The Hall–Kier alpha value is -2.18. The fourth-order valence-corrected chi connectivity index (χ4v) is 2.61. The number of amides is 2. The second kappa shape index (κ2) is 7.72. The molecule has 0 aliphatic carbocycles. The summed E-state index contributed by atoms with van der Waals surface area (Å²) in [6.07, 6.45) is -0.734. The Kier molecular flexibility index (Phi) is 5.68. The van der Waals surface area contributed by atoms with E-state index in [0.717, 1.165) is 11.1 Å². The normalized spacial score (nSPS) is 11.7. The van der Waals surface area contributed by atoms with Crippen molar-refractivity contribution in [3.8, 4) is 0 Å². The van der Waals surface area contributed by atoms with Crippen molar-refractivity contribution in [3.05, 3.63) is 57.8 Å². The predicted molar refractivity (Wildman–Crippen MR) is 85.8 cm³/mol. The first-order valence-electron chi connectivity index (χ1n) is 6.88. The molecule has 6 heteroatoms. The summed E-state index contributed by atoms with van der Waals surface area (Å²) >= 11 is 1.49. The van der Waals surface area contributed by atoms with Crippen LogP contribution in [0.3, 0.4) is 0 Å². The maximum absolute atomic E-state index is 11.9. The standard InChI is InChI=1S/C16H18N2O3S/c1-11-3-2-4-12(7-11)16(21)18-9-15(20)17-8-14(19)13-5-6-22-10-13/h2-7,10,14,19H,8-9H2,1H3,(H,17,20)(H,18,21). The zero-order valence-electron chi connectivity index (χ0n) is 12.2. The lowest BCUT2D eigenvalue weighted by Gasteiger charge is -2.11. The minimum Gasteiger partial charge on any atom is -0.387 e. The summed E-state index contributed by atoms with van der Waals surface area (Å²) in [5, 5.41) is 18.7. The van der Waals surface area contributed by atoms with E-state index in [2.05, 4.69) is 10.6 Å². The third-order valence-corrected chi connectivity index (χ3v) is 3.81. The number of carbonyl (C=O) groups excluding carboxylic acids is 2. The van der Waals surface area contributed by atoms with Crippen LogP contribution in [0.2, 0.25) is 0 Å². The summed E-state index contributed by atoms with van der Waals surface area (Å²) in [5.41, 5.74) is 2.27. The van der Waals surface area contributed by atoms with Crippen LogP contribution in [0, 0.1) is 6.92 Å². The first-order chi connectivity index (χ1) is 10.6. The number of nitrogens with one attached hydrogen (secondary N) is 2. The second-order valence-corrected chi connectivity index (χ2v) is 5.71. The van der Waals surface area contributed by atoms with Gasteiger partial charge >= 0.3 is 0 Å². The Labute approximate surface area is 133 Å². The van der Waals surface area contributed by atoms with Gasteiger partial charge in [-0.3, -0.25) is 9.59 Å². The molecule has 0 fully saturated rings. The largest absolute Gasteiger partial charge is 0.387 e. The lowest BCUT2D eigenvalue weighted by Crippen LogP contribution is -2.38. The van der Waals surface area contributed by atoms with Crippen molar-refractivity contribution in [2.75, 3.05) is 13.1 Å². The lowest BCUT2D eigenvalue weighted by atomic mass is 10.1. The first-order valence-corrected chi connectivity index (χ1v) is 7.82. The molecule has 22 heavy (non-hydrogen) atoms. The van der Waals surface area contributed by atoms with E-state index >= 15 is 0 Å². The molecule has 5 nitrogen and oxygen atoms in total. The maximum Gasteiger partial charge on any atom is 0.251 e. The van der Waals surface area contributed by atoms with Crippen molar-refractivity contribution in [1.29, 1.82) is 0 Å². The van der Waals surface area contributed by atoms with Crippen molar-refractivity contribution in [2.45, 2.75) is 13.0 Å². The van der Waals surface area contributed by atoms with Gasteiger partial charge in [0, 0.05) is 12.1 Å². The molecule has 0 saturated carbocycles. The molecule has 1 aromatic carbocycles. The highest BCUT2D eigenvalue weighted by Gasteiger charge is 2.11. The van der Waals surface area contributed by atoms with Gasteiger partial charge in [-0.2, -0.15) is 11.3 Å². The van der Waals surface area contributed by atoms with E-state index in [0.29, 0.717) is 5.56 Å². The van der Waals surface area contributed by atoms with Crippen molar-refractivity contribution in [1.82, 2.24) is 10.6 Å². The maximum atomic E-state index is 11.9. The van der Waals surface area contributed by atoms with Gasteiger partial charge < -0.3 is 15.7 Å². The van der Waals surface area contributed by atoms with E-state index in [4.69, 9.17) is 0 Å². The van der Waals surface area contributed by atoms with E-state index in [1.54, 1.807) is 24.3 Å². The molecule has 1 aromatic heterocycles. The zero-order valence-corrected chi connectivity index (χ0v) is 13.0. The molecular formula is C16H18N2O3S. The highest BCUT2D eigenvalue weighted by Crippen LogP contribution is 2.14. The molecule has 0 spiro atoms. The Balaban J connectivity index is 1.74. The Bertz CT molecular complexity index is 641. The van der Waals surface area contributed by atoms with Crippen LogP contribution in [0.25, 0.3) is 0 Å². The van der Waals surface area contributed by atoms with E-state index in [9.17, 15) is 14.7 Å². The molecule has 2 aromatic rings. The van der Waals surface area contributed by atoms with Crippen molar-refractivity contribution < 1.29 is 14.7 Å². The van der Waals surface area contributed by atoms with Crippen LogP contribution in [0.4, 0.5) is 0 Å². The molecule has 116 valence electrons. The van der Waals surface area contributed by atoms with Gasteiger partial charge in [-0.1, -0.05) is 17.7 Å². The number of hydrogen-bond donors (Lipinski definition) is 3. The molecule has 3 N–H and O–H groups in total. The fourth-order valence-electron chi connectivity index (χ4n) is 1.90. The Morgan fingerprint density at radius 3 is 2.77 bits per heavy atom. The van der Waals surface area contributed by atoms with Crippen LogP contribution >= 0.6 is 11.3 Å². The van der Waals surface area contributed by atoms with E-state index in [1.807, 2.05) is 23.8 Å². The summed E-state index contributed by atoms with van der Waals surface area (Å²) in [6, 6.07) is 8.95. The minimum absolute atomic E-state index is 0.121. The number of benzene rings is 1. The molecule has 0 aliphatic heterocycles. The van der Waals surface area contributed by atoms with Crippen LogP contribution in [-0.2, 0) is 4.79 Å². The number of aliphatic hydroxyl groups is 1. The highest BCUT2D eigenvalue weighted by molar-refractivity contribution is 7.07. The van der Waals surface area contributed by atoms with E-state index in [1.165, 1.54) is 11.3 Å².